The highest BCUT2D eigenvalue weighted by Gasteiger charge is 2.45. The molecule has 1 fully saturated rings. The van der Waals surface area contributed by atoms with Crippen LogP contribution in [0.5, 0.6) is 11.5 Å². The average Bonchev–Trinajstić information content (AvgIpc) is 2.47. The molecule has 1 aliphatic carbocycles. The van der Waals surface area contributed by atoms with Gasteiger partial charge in [0.25, 0.3) is 0 Å². The SMILES string of the molecule is COc1ccc(Cl)c(C2(C(=O)O)CCCCC2)c1OC. The molecule has 0 heterocycles. The van der Waals surface area contributed by atoms with Crippen molar-refractivity contribution in [2.24, 2.45) is 0 Å². The number of halogens is 1. The Labute approximate surface area is 123 Å². The van der Waals surface area contributed by atoms with Crippen molar-refractivity contribution in [2.75, 3.05) is 14.2 Å². The molecule has 1 N–H and O–H groups in total. The van der Waals surface area contributed by atoms with Crippen molar-refractivity contribution in [3.8, 4) is 11.5 Å². The number of benzene rings is 1. The van der Waals surface area contributed by atoms with Gasteiger partial charge in [-0.3, -0.25) is 4.79 Å². The van der Waals surface area contributed by atoms with E-state index >= 15 is 0 Å². The van der Waals surface area contributed by atoms with Gasteiger partial charge >= 0.3 is 5.97 Å². The van der Waals surface area contributed by atoms with Gasteiger partial charge in [-0.1, -0.05) is 30.9 Å². The van der Waals surface area contributed by atoms with Crippen molar-refractivity contribution < 1.29 is 19.4 Å². The van der Waals surface area contributed by atoms with Crippen molar-refractivity contribution in [3.05, 3.63) is 22.7 Å². The molecule has 5 heteroatoms. The van der Waals surface area contributed by atoms with E-state index in [0.717, 1.165) is 19.3 Å². The monoisotopic (exact) mass is 298 g/mol. The van der Waals surface area contributed by atoms with Crippen LogP contribution in [0.15, 0.2) is 12.1 Å². The number of rotatable bonds is 4. The van der Waals surface area contributed by atoms with Crippen LogP contribution >= 0.6 is 11.6 Å². The van der Waals surface area contributed by atoms with E-state index in [9.17, 15) is 9.90 Å². The molecule has 0 aromatic heterocycles. The number of ether oxygens (including phenoxy) is 2. The highest BCUT2D eigenvalue weighted by atomic mass is 35.5. The predicted molar refractivity (Wildman–Crippen MR) is 77.0 cm³/mol. The van der Waals surface area contributed by atoms with Gasteiger partial charge in [-0.05, 0) is 25.0 Å². The molecule has 0 amide bonds. The molecule has 1 aromatic rings. The first kappa shape index (κ1) is 15.0. The van der Waals surface area contributed by atoms with Gasteiger partial charge in [-0.25, -0.2) is 0 Å². The molecule has 1 aliphatic rings. The Bertz CT molecular complexity index is 507. The maximum atomic E-state index is 11.9. The summed E-state index contributed by atoms with van der Waals surface area (Å²) in [5, 5.41) is 10.2. The van der Waals surface area contributed by atoms with Crippen molar-refractivity contribution >= 4 is 17.6 Å². The molecule has 2 rings (SSSR count). The summed E-state index contributed by atoms with van der Waals surface area (Å²) in [5.74, 6) is 0.105. The summed E-state index contributed by atoms with van der Waals surface area (Å²) in [7, 11) is 3.04. The molecule has 1 aromatic carbocycles. The van der Waals surface area contributed by atoms with Crippen molar-refractivity contribution in [2.45, 2.75) is 37.5 Å². The van der Waals surface area contributed by atoms with E-state index in [-0.39, 0.29) is 0 Å². The van der Waals surface area contributed by atoms with Gasteiger partial charge in [0.2, 0.25) is 0 Å². The lowest BCUT2D eigenvalue weighted by Gasteiger charge is -2.35. The Morgan fingerprint density at radius 3 is 2.35 bits per heavy atom. The average molecular weight is 299 g/mol. The first-order chi connectivity index (χ1) is 9.56. The number of methoxy groups -OCH3 is 2. The van der Waals surface area contributed by atoms with Gasteiger partial charge in [-0.2, -0.15) is 0 Å². The van der Waals surface area contributed by atoms with Crippen LogP contribution in [0.1, 0.15) is 37.7 Å². The van der Waals surface area contributed by atoms with E-state index in [1.165, 1.54) is 14.2 Å². The van der Waals surface area contributed by atoms with Crippen LogP contribution in [-0.2, 0) is 10.2 Å². The quantitative estimate of drug-likeness (QED) is 0.922. The second-order valence-electron chi connectivity index (χ2n) is 5.11. The molecular weight excluding hydrogens is 280 g/mol. The zero-order valence-electron chi connectivity index (χ0n) is 11.7. The third kappa shape index (κ3) is 2.33. The van der Waals surface area contributed by atoms with Crippen molar-refractivity contribution in [3.63, 3.8) is 0 Å². The Kier molecular flexibility index (Phi) is 4.43. The lowest BCUT2D eigenvalue weighted by molar-refractivity contribution is -0.145. The van der Waals surface area contributed by atoms with Gasteiger partial charge in [0, 0.05) is 10.6 Å². The van der Waals surface area contributed by atoms with Gasteiger partial charge in [-0.15, -0.1) is 0 Å². The minimum Gasteiger partial charge on any atom is -0.493 e. The topological polar surface area (TPSA) is 55.8 Å². The Morgan fingerprint density at radius 2 is 1.85 bits per heavy atom. The summed E-state index contributed by atoms with van der Waals surface area (Å²) < 4.78 is 10.7. The molecule has 4 nitrogen and oxygen atoms in total. The molecule has 110 valence electrons. The molecule has 1 saturated carbocycles. The summed E-state index contributed by atoms with van der Waals surface area (Å²) in [6.45, 7) is 0. The summed E-state index contributed by atoms with van der Waals surface area (Å²) in [6, 6.07) is 3.38. The Hall–Kier alpha value is -1.42. The van der Waals surface area contributed by atoms with Crippen LogP contribution in [-0.4, -0.2) is 25.3 Å². The fourth-order valence-electron chi connectivity index (χ4n) is 3.07. The van der Waals surface area contributed by atoms with E-state index in [4.69, 9.17) is 21.1 Å². The third-order valence-electron chi connectivity index (χ3n) is 4.09. The molecule has 0 radical (unpaired) electrons. The number of hydrogen-bond donors (Lipinski definition) is 1. The fourth-order valence-corrected chi connectivity index (χ4v) is 3.40. The van der Waals surface area contributed by atoms with E-state index in [1.807, 2.05) is 0 Å². The number of carboxylic acids is 1. The van der Waals surface area contributed by atoms with Crippen LogP contribution in [0.3, 0.4) is 0 Å². The van der Waals surface area contributed by atoms with Crippen LogP contribution < -0.4 is 9.47 Å². The molecular formula is C15H19ClO4. The van der Waals surface area contributed by atoms with Gasteiger partial charge in [0.05, 0.1) is 19.6 Å². The predicted octanol–water partition coefficient (Wildman–Crippen LogP) is 3.64. The molecule has 0 unspecified atom stereocenters. The first-order valence-electron chi connectivity index (χ1n) is 6.71. The number of aliphatic carboxylic acids is 1. The Balaban J connectivity index is 2.67. The molecule has 0 aliphatic heterocycles. The smallest absolute Gasteiger partial charge is 0.314 e. The third-order valence-corrected chi connectivity index (χ3v) is 4.40. The van der Waals surface area contributed by atoms with E-state index < -0.39 is 11.4 Å². The highest BCUT2D eigenvalue weighted by Crippen LogP contribution is 2.49. The summed E-state index contributed by atoms with van der Waals surface area (Å²) in [6.07, 6.45) is 3.96. The summed E-state index contributed by atoms with van der Waals surface area (Å²) >= 11 is 6.31. The van der Waals surface area contributed by atoms with Gasteiger partial charge < -0.3 is 14.6 Å². The highest BCUT2D eigenvalue weighted by molar-refractivity contribution is 6.32. The molecule has 20 heavy (non-hydrogen) atoms. The fraction of sp³-hybridized carbons (Fsp3) is 0.533. The lowest BCUT2D eigenvalue weighted by atomic mass is 9.69. The zero-order chi connectivity index (χ0) is 14.8. The minimum absolute atomic E-state index is 0.423. The molecule has 0 saturated heterocycles. The maximum absolute atomic E-state index is 11.9. The van der Waals surface area contributed by atoms with Crippen LogP contribution in [0.2, 0.25) is 5.02 Å². The van der Waals surface area contributed by atoms with Crippen molar-refractivity contribution in [1.82, 2.24) is 0 Å². The summed E-state index contributed by atoms with van der Waals surface area (Å²) in [4.78, 5) is 11.9. The van der Waals surface area contributed by atoms with Gasteiger partial charge in [0.15, 0.2) is 11.5 Å². The maximum Gasteiger partial charge on any atom is 0.314 e. The summed E-state index contributed by atoms with van der Waals surface area (Å²) in [5.41, 5.74) is -0.428. The minimum atomic E-state index is -0.977. The van der Waals surface area contributed by atoms with Crippen LogP contribution in [0.25, 0.3) is 0 Å². The number of carboxylic acid groups (broad SMARTS) is 1. The second kappa shape index (κ2) is 5.92. The van der Waals surface area contributed by atoms with Crippen LogP contribution in [0, 0.1) is 0 Å². The zero-order valence-corrected chi connectivity index (χ0v) is 12.5. The second-order valence-corrected chi connectivity index (χ2v) is 5.51. The standard InChI is InChI=1S/C15H19ClO4/c1-19-11-7-6-10(16)12(13(11)20-2)15(14(17)18)8-4-3-5-9-15/h6-7H,3-5,8-9H2,1-2H3,(H,17,18). The normalized spacial score (nSPS) is 17.6. The Morgan fingerprint density at radius 1 is 1.20 bits per heavy atom. The van der Waals surface area contributed by atoms with E-state index in [0.29, 0.717) is 34.9 Å². The molecule has 0 bridgehead atoms. The van der Waals surface area contributed by atoms with E-state index in [2.05, 4.69) is 0 Å². The van der Waals surface area contributed by atoms with Crippen molar-refractivity contribution in [1.29, 1.82) is 0 Å². The first-order valence-corrected chi connectivity index (χ1v) is 7.09. The largest absolute Gasteiger partial charge is 0.493 e. The number of hydrogen-bond acceptors (Lipinski definition) is 3. The molecule has 0 spiro atoms. The lowest BCUT2D eigenvalue weighted by Crippen LogP contribution is -2.38. The number of carbonyl (C=O) groups is 1. The van der Waals surface area contributed by atoms with Gasteiger partial charge in [0.1, 0.15) is 0 Å². The van der Waals surface area contributed by atoms with Crippen LogP contribution in [0.4, 0.5) is 0 Å². The molecule has 0 atom stereocenters. The van der Waals surface area contributed by atoms with E-state index in [1.54, 1.807) is 12.1 Å².